The minimum atomic E-state index is 0.0231. The molecule has 2 N–H and O–H groups in total. The summed E-state index contributed by atoms with van der Waals surface area (Å²) in [7, 11) is 0. The molecular formula is C17H27NO3. The summed E-state index contributed by atoms with van der Waals surface area (Å²) in [5.74, 6) is 1.51. The van der Waals surface area contributed by atoms with E-state index in [0.717, 1.165) is 49.5 Å². The summed E-state index contributed by atoms with van der Waals surface area (Å²) in [5, 5.41) is 0. The highest BCUT2D eigenvalue weighted by Gasteiger charge is 2.14. The number of ether oxygens (including phenoxy) is 3. The highest BCUT2D eigenvalue weighted by Crippen LogP contribution is 2.24. The molecule has 1 heterocycles. The molecule has 4 nitrogen and oxygen atoms in total. The molecule has 0 saturated carbocycles. The van der Waals surface area contributed by atoms with Gasteiger partial charge in [-0.05, 0) is 50.3 Å². The van der Waals surface area contributed by atoms with Crippen molar-refractivity contribution in [3.05, 3.63) is 29.3 Å². The second-order valence-corrected chi connectivity index (χ2v) is 5.66. The van der Waals surface area contributed by atoms with E-state index in [2.05, 4.69) is 6.07 Å². The maximum absolute atomic E-state index is 5.96. The van der Waals surface area contributed by atoms with Gasteiger partial charge in [0.15, 0.2) is 0 Å². The third-order valence-corrected chi connectivity index (χ3v) is 3.86. The van der Waals surface area contributed by atoms with Gasteiger partial charge >= 0.3 is 0 Å². The Morgan fingerprint density at radius 2 is 2.10 bits per heavy atom. The normalized spacial score (nSPS) is 17.7. The predicted molar refractivity (Wildman–Crippen MR) is 83.4 cm³/mol. The largest absolute Gasteiger partial charge is 0.494 e. The summed E-state index contributed by atoms with van der Waals surface area (Å²) in [6.07, 6.45) is 2.19. The molecule has 0 aromatic heterocycles. The van der Waals surface area contributed by atoms with Crippen molar-refractivity contribution in [3.8, 4) is 5.75 Å². The van der Waals surface area contributed by atoms with Crippen LogP contribution in [0.1, 0.15) is 43.9 Å². The van der Waals surface area contributed by atoms with Crippen LogP contribution in [0, 0.1) is 5.92 Å². The Bertz CT molecular complexity index is 428. The number of nitrogens with two attached hydrogens (primary N) is 1. The maximum atomic E-state index is 5.96. The summed E-state index contributed by atoms with van der Waals surface area (Å²) in [6, 6.07) is 6.14. The first kappa shape index (κ1) is 16.3. The summed E-state index contributed by atoms with van der Waals surface area (Å²) >= 11 is 0. The molecule has 0 spiro atoms. The Balaban J connectivity index is 1.93. The van der Waals surface area contributed by atoms with Crippen molar-refractivity contribution in [3.63, 3.8) is 0 Å². The third-order valence-electron chi connectivity index (χ3n) is 3.86. The van der Waals surface area contributed by atoms with Crippen LogP contribution in [-0.4, -0.2) is 26.4 Å². The predicted octanol–water partition coefficient (Wildman–Crippen LogP) is 3.05. The van der Waals surface area contributed by atoms with Gasteiger partial charge in [0, 0.05) is 24.8 Å². The van der Waals surface area contributed by atoms with E-state index in [9.17, 15) is 0 Å². The zero-order chi connectivity index (χ0) is 15.1. The fourth-order valence-corrected chi connectivity index (χ4v) is 2.54. The van der Waals surface area contributed by atoms with Gasteiger partial charge in [-0.25, -0.2) is 0 Å². The second-order valence-electron chi connectivity index (χ2n) is 5.66. The van der Waals surface area contributed by atoms with Crippen molar-refractivity contribution < 1.29 is 14.2 Å². The van der Waals surface area contributed by atoms with Gasteiger partial charge in [-0.3, -0.25) is 0 Å². The van der Waals surface area contributed by atoms with E-state index in [1.54, 1.807) is 0 Å². The van der Waals surface area contributed by atoms with Crippen LogP contribution >= 0.6 is 0 Å². The van der Waals surface area contributed by atoms with Crippen LogP contribution in [0.3, 0.4) is 0 Å². The van der Waals surface area contributed by atoms with Crippen LogP contribution in [0.2, 0.25) is 0 Å². The van der Waals surface area contributed by atoms with Gasteiger partial charge in [0.05, 0.1) is 19.8 Å². The average molecular weight is 293 g/mol. The van der Waals surface area contributed by atoms with Gasteiger partial charge < -0.3 is 19.9 Å². The third kappa shape index (κ3) is 4.99. The van der Waals surface area contributed by atoms with Gasteiger partial charge in [0.25, 0.3) is 0 Å². The van der Waals surface area contributed by atoms with E-state index >= 15 is 0 Å². The highest BCUT2D eigenvalue weighted by atomic mass is 16.5. The lowest BCUT2D eigenvalue weighted by Gasteiger charge is -2.22. The fraction of sp³-hybridized carbons (Fsp3) is 0.647. The molecule has 4 heteroatoms. The Morgan fingerprint density at radius 1 is 1.33 bits per heavy atom. The summed E-state index contributed by atoms with van der Waals surface area (Å²) in [4.78, 5) is 0. The molecule has 0 bridgehead atoms. The minimum absolute atomic E-state index is 0.0231. The number of benzene rings is 1. The van der Waals surface area contributed by atoms with Crippen LogP contribution in [0.15, 0.2) is 18.2 Å². The molecule has 21 heavy (non-hydrogen) atoms. The van der Waals surface area contributed by atoms with Crippen molar-refractivity contribution in [1.29, 1.82) is 0 Å². The first-order chi connectivity index (χ1) is 10.2. The average Bonchev–Trinajstić information content (AvgIpc) is 2.50. The topological polar surface area (TPSA) is 53.7 Å². The molecule has 1 fully saturated rings. The van der Waals surface area contributed by atoms with E-state index < -0.39 is 0 Å². The summed E-state index contributed by atoms with van der Waals surface area (Å²) in [5.41, 5.74) is 8.15. The molecule has 1 atom stereocenters. The molecule has 118 valence electrons. The Hall–Kier alpha value is -1.10. The van der Waals surface area contributed by atoms with E-state index in [4.69, 9.17) is 19.9 Å². The van der Waals surface area contributed by atoms with Gasteiger partial charge in [0.1, 0.15) is 5.75 Å². The molecule has 2 rings (SSSR count). The molecule has 1 aromatic carbocycles. The molecule has 0 amide bonds. The number of hydrogen-bond acceptors (Lipinski definition) is 4. The SMILES string of the molecule is CCOc1ccc(C(C)N)cc1COCC1CCOCC1. The van der Waals surface area contributed by atoms with Gasteiger partial charge in [-0.15, -0.1) is 0 Å². The van der Waals surface area contributed by atoms with E-state index in [-0.39, 0.29) is 6.04 Å². The molecule has 1 aliphatic heterocycles. The van der Waals surface area contributed by atoms with E-state index in [0.29, 0.717) is 19.1 Å². The van der Waals surface area contributed by atoms with Crippen LogP contribution in [0.25, 0.3) is 0 Å². The Morgan fingerprint density at radius 3 is 2.76 bits per heavy atom. The summed E-state index contributed by atoms with van der Waals surface area (Å²) < 4.78 is 16.9. The first-order valence-corrected chi connectivity index (χ1v) is 7.87. The molecule has 1 aromatic rings. The first-order valence-electron chi connectivity index (χ1n) is 7.87. The van der Waals surface area contributed by atoms with Crippen molar-refractivity contribution in [2.75, 3.05) is 26.4 Å². The smallest absolute Gasteiger partial charge is 0.124 e. The highest BCUT2D eigenvalue weighted by molar-refractivity contribution is 5.38. The van der Waals surface area contributed by atoms with Crippen LogP contribution in [0.5, 0.6) is 5.75 Å². The molecule has 1 saturated heterocycles. The van der Waals surface area contributed by atoms with E-state index in [1.165, 1.54) is 0 Å². The fourth-order valence-electron chi connectivity index (χ4n) is 2.54. The van der Waals surface area contributed by atoms with Crippen LogP contribution < -0.4 is 10.5 Å². The molecule has 0 aliphatic carbocycles. The van der Waals surface area contributed by atoms with Gasteiger partial charge in [-0.2, -0.15) is 0 Å². The van der Waals surface area contributed by atoms with Crippen molar-refractivity contribution in [2.24, 2.45) is 11.7 Å². The van der Waals surface area contributed by atoms with Crippen molar-refractivity contribution in [1.82, 2.24) is 0 Å². The van der Waals surface area contributed by atoms with E-state index in [1.807, 2.05) is 26.0 Å². The van der Waals surface area contributed by atoms with Crippen LogP contribution in [0.4, 0.5) is 0 Å². The maximum Gasteiger partial charge on any atom is 0.124 e. The molecule has 1 unspecified atom stereocenters. The van der Waals surface area contributed by atoms with Gasteiger partial charge in [0.2, 0.25) is 0 Å². The molecule has 0 radical (unpaired) electrons. The Labute approximate surface area is 127 Å². The van der Waals surface area contributed by atoms with Crippen molar-refractivity contribution >= 4 is 0 Å². The number of rotatable bonds is 7. The quantitative estimate of drug-likeness (QED) is 0.839. The number of hydrogen-bond donors (Lipinski definition) is 1. The Kier molecular flexibility index (Phi) is 6.49. The zero-order valence-electron chi connectivity index (χ0n) is 13.1. The lowest BCUT2D eigenvalue weighted by Crippen LogP contribution is -2.20. The lowest BCUT2D eigenvalue weighted by molar-refractivity contribution is 0.0153. The van der Waals surface area contributed by atoms with Gasteiger partial charge in [-0.1, -0.05) is 6.07 Å². The lowest BCUT2D eigenvalue weighted by atomic mass is 10.0. The minimum Gasteiger partial charge on any atom is -0.494 e. The zero-order valence-corrected chi connectivity index (χ0v) is 13.1. The standard InChI is InChI=1S/C17H27NO3/c1-3-21-17-5-4-15(13(2)18)10-16(17)12-20-11-14-6-8-19-9-7-14/h4-5,10,13-14H,3,6-9,11-12,18H2,1-2H3. The van der Waals surface area contributed by atoms with Crippen molar-refractivity contribution in [2.45, 2.75) is 39.3 Å². The molecule has 1 aliphatic rings. The second kappa shape index (κ2) is 8.37. The monoisotopic (exact) mass is 293 g/mol. The molecular weight excluding hydrogens is 266 g/mol. The summed E-state index contributed by atoms with van der Waals surface area (Å²) in [6.45, 7) is 7.72. The van der Waals surface area contributed by atoms with Crippen LogP contribution in [-0.2, 0) is 16.1 Å².